The van der Waals surface area contributed by atoms with Crippen LogP contribution in [0, 0.1) is 4.58 Å². The third kappa shape index (κ3) is 2.08. The lowest BCUT2D eigenvalue weighted by Crippen LogP contribution is -2.68. The molecular weight excluding hydrogens is 376 g/mol. The molecule has 0 aliphatic carbocycles. The minimum atomic E-state index is -6.61. The fourth-order valence-corrected chi connectivity index (χ4v) is 5.79. The summed E-state index contributed by atoms with van der Waals surface area (Å²) in [6.45, 7) is -1.47. The van der Waals surface area contributed by atoms with Crippen molar-refractivity contribution in [2.75, 3.05) is 0 Å². The van der Waals surface area contributed by atoms with E-state index in [0.29, 0.717) is 4.57 Å². The van der Waals surface area contributed by atoms with Gasteiger partial charge in [0.2, 0.25) is 0 Å². The van der Waals surface area contributed by atoms with Gasteiger partial charge in [0, 0.05) is 16.7 Å². The topological polar surface area (TPSA) is 72.2 Å². The number of halogens is 6. The zero-order valence-electron chi connectivity index (χ0n) is 10.8. The zero-order valence-corrected chi connectivity index (χ0v) is 12.4. The first-order valence-electron chi connectivity index (χ1n) is 5.64. The average molecular weight is 383 g/mol. The van der Waals surface area contributed by atoms with Crippen molar-refractivity contribution in [2.45, 2.75) is 23.0 Å². The van der Waals surface area contributed by atoms with E-state index in [1.807, 2.05) is 0 Å². The van der Waals surface area contributed by atoms with E-state index in [9.17, 15) is 43.2 Å². The van der Waals surface area contributed by atoms with Crippen molar-refractivity contribution in [1.82, 2.24) is 0 Å². The molecule has 1 aromatic rings. The Labute approximate surface area is 126 Å². The van der Waals surface area contributed by atoms with Crippen LogP contribution in [0.15, 0.2) is 30.6 Å². The average Bonchev–Trinajstić information content (AvgIpc) is 2.43. The predicted molar refractivity (Wildman–Crippen MR) is 62.6 cm³/mol. The van der Waals surface area contributed by atoms with Gasteiger partial charge in [-0.15, -0.1) is 0 Å². The molecule has 2 rings (SSSR count). The Kier molecular flexibility index (Phi) is 3.76. The number of nitrogens with zero attached hydrogens (tertiary/aromatic N) is 1. The third-order valence-corrected chi connectivity index (χ3v) is 7.73. The van der Waals surface area contributed by atoms with Gasteiger partial charge in [-0.2, -0.15) is 26.3 Å². The van der Waals surface area contributed by atoms with Gasteiger partial charge in [-0.25, -0.2) is 4.57 Å². The Morgan fingerprint density at radius 3 is 1.57 bits per heavy atom. The molecule has 5 nitrogen and oxygen atoms in total. The molecule has 0 unspecified atom stereocenters. The maximum Gasteiger partial charge on any atom is 0.395 e. The van der Waals surface area contributed by atoms with Gasteiger partial charge in [-0.1, -0.05) is 6.07 Å². The summed E-state index contributed by atoms with van der Waals surface area (Å²) in [4.78, 5) is 0. The van der Waals surface area contributed by atoms with Crippen LogP contribution in [-0.2, 0) is 26.2 Å². The Morgan fingerprint density at radius 2 is 1.17 bits per heavy atom. The van der Waals surface area contributed by atoms with Crippen LogP contribution in [0.25, 0.3) is 0 Å². The largest absolute Gasteiger partial charge is 0.395 e. The molecule has 2 heterocycles. The Balaban J connectivity index is 2.71. The fraction of sp³-hybridized carbons (Fsp3) is 0.400. The summed E-state index contributed by atoms with van der Waals surface area (Å²) in [5.74, 6) is -6.61. The van der Waals surface area contributed by atoms with Crippen LogP contribution in [-0.4, -0.2) is 33.3 Å². The highest BCUT2D eigenvalue weighted by atomic mass is 32.3. The van der Waals surface area contributed by atoms with E-state index in [1.54, 1.807) is 0 Å². The van der Waals surface area contributed by atoms with Crippen molar-refractivity contribution in [1.29, 1.82) is 0 Å². The molecule has 0 N–H and O–H groups in total. The Morgan fingerprint density at radius 1 is 0.783 bits per heavy atom. The second-order valence-corrected chi connectivity index (χ2v) is 8.82. The zero-order chi connectivity index (χ0) is 17.9. The molecule has 13 heteroatoms. The fourth-order valence-electron chi connectivity index (χ4n) is 1.80. The van der Waals surface area contributed by atoms with Gasteiger partial charge in [0.1, 0.15) is 19.7 Å². The molecule has 1 fully saturated rings. The standard InChI is InChI=1S/C10H7F6NO4S2/c11-8(12)9(13,14)22(18,19)7(23(20,21)10(8,15)16)6-17-4-2-1-3-5-17/h1-5H,6H2. The van der Waals surface area contributed by atoms with Crippen LogP contribution in [0.2, 0.25) is 0 Å². The molecule has 0 spiro atoms. The molecule has 0 saturated carbocycles. The van der Waals surface area contributed by atoms with Crippen LogP contribution >= 0.6 is 0 Å². The highest BCUT2D eigenvalue weighted by Gasteiger charge is 2.84. The van der Waals surface area contributed by atoms with E-state index in [-0.39, 0.29) is 0 Å². The summed E-state index contributed by atoms with van der Waals surface area (Å²) < 4.78 is 125. The second-order valence-electron chi connectivity index (χ2n) is 4.53. The molecule has 0 radical (unpaired) electrons. The van der Waals surface area contributed by atoms with Gasteiger partial charge in [0.05, 0.1) is 6.54 Å². The lowest BCUT2D eigenvalue weighted by atomic mass is 10.3. The van der Waals surface area contributed by atoms with Gasteiger partial charge in [0.15, 0.2) is 12.4 Å². The van der Waals surface area contributed by atoms with Crippen LogP contribution in [0.4, 0.5) is 26.3 Å². The van der Waals surface area contributed by atoms with Crippen LogP contribution in [0.3, 0.4) is 0 Å². The van der Waals surface area contributed by atoms with Crippen LogP contribution < -0.4 is 4.57 Å². The molecule has 0 amide bonds. The smallest absolute Gasteiger partial charge is 0.255 e. The Hall–Kier alpha value is -1.37. The second kappa shape index (κ2) is 4.82. The molecule has 130 valence electrons. The molecule has 0 atom stereocenters. The SMILES string of the molecule is O=S1(=O)[C-](C[n+]2ccccc2)S(=O)(=O)C(F)(F)C(F)(F)C1(F)F. The van der Waals surface area contributed by atoms with Gasteiger partial charge in [0.25, 0.3) is 0 Å². The van der Waals surface area contributed by atoms with E-state index in [1.165, 1.54) is 18.2 Å². The lowest BCUT2D eigenvalue weighted by Gasteiger charge is -2.45. The summed E-state index contributed by atoms with van der Waals surface area (Å²) in [6, 6.07) is 3.81. The summed E-state index contributed by atoms with van der Waals surface area (Å²) in [6.07, 6.45) is 1.97. The lowest BCUT2D eigenvalue weighted by molar-refractivity contribution is -0.689. The monoisotopic (exact) mass is 383 g/mol. The first kappa shape index (κ1) is 18.0. The van der Waals surface area contributed by atoms with E-state index in [2.05, 4.69) is 0 Å². The summed E-state index contributed by atoms with van der Waals surface area (Å²) in [5.41, 5.74) is 0. The molecule has 1 aliphatic rings. The molecule has 1 saturated heterocycles. The number of hydrogen-bond donors (Lipinski definition) is 0. The van der Waals surface area contributed by atoms with Crippen molar-refractivity contribution >= 4 is 19.7 Å². The minimum absolute atomic E-state index is 0.667. The maximum atomic E-state index is 13.4. The molecule has 1 aliphatic heterocycles. The van der Waals surface area contributed by atoms with Crippen molar-refractivity contribution < 1.29 is 47.7 Å². The van der Waals surface area contributed by atoms with Crippen LogP contribution in [0.1, 0.15) is 0 Å². The number of sulfone groups is 2. The highest BCUT2D eigenvalue weighted by Crippen LogP contribution is 2.59. The van der Waals surface area contributed by atoms with Gasteiger partial charge in [-0.05, 0) is 0 Å². The number of aromatic nitrogens is 1. The van der Waals surface area contributed by atoms with Gasteiger partial charge < -0.3 is 0 Å². The molecule has 0 bridgehead atoms. The quantitative estimate of drug-likeness (QED) is 0.436. The first-order chi connectivity index (χ1) is 10.2. The summed E-state index contributed by atoms with van der Waals surface area (Å²) in [7, 11) is -13.1. The number of alkyl halides is 6. The van der Waals surface area contributed by atoms with E-state index >= 15 is 0 Å². The maximum absolute atomic E-state index is 13.4. The third-order valence-electron chi connectivity index (χ3n) is 3.09. The normalized spacial score (nSPS) is 27.4. The van der Waals surface area contributed by atoms with Crippen LogP contribution in [0.5, 0.6) is 0 Å². The predicted octanol–water partition coefficient (Wildman–Crippen LogP) is 1.13. The molecule has 23 heavy (non-hydrogen) atoms. The van der Waals surface area contributed by atoms with Crippen molar-refractivity contribution in [3.8, 4) is 0 Å². The van der Waals surface area contributed by atoms with E-state index in [0.717, 1.165) is 12.4 Å². The van der Waals surface area contributed by atoms with Crippen molar-refractivity contribution in [3.63, 3.8) is 0 Å². The van der Waals surface area contributed by atoms with Gasteiger partial charge in [-0.3, -0.25) is 16.8 Å². The number of rotatable bonds is 2. The number of pyridine rings is 1. The minimum Gasteiger partial charge on any atom is -0.255 e. The number of hydrogen-bond acceptors (Lipinski definition) is 4. The Bertz CT molecular complexity index is 774. The highest BCUT2D eigenvalue weighted by molar-refractivity contribution is 8.14. The summed E-state index contributed by atoms with van der Waals surface area (Å²) in [5, 5.41) is -12.6. The summed E-state index contributed by atoms with van der Waals surface area (Å²) >= 11 is 0. The first-order valence-corrected chi connectivity index (χ1v) is 8.60. The van der Waals surface area contributed by atoms with E-state index in [4.69, 9.17) is 0 Å². The van der Waals surface area contributed by atoms with E-state index < -0.39 is 47.2 Å². The van der Waals surface area contributed by atoms with Gasteiger partial charge >= 0.3 is 16.4 Å². The van der Waals surface area contributed by atoms with Crippen molar-refractivity contribution in [3.05, 3.63) is 35.2 Å². The molecule has 1 aromatic heterocycles. The molecule has 0 aromatic carbocycles. The van der Waals surface area contributed by atoms with Crippen molar-refractivity contribution in [2.24, 2.45) is 0 Å². The molecular formula is C10H7F6NO4S2.